The summed E-state index contributed by atoms with van der Waals surface area (Å²) >= 11 is 0. The fourth-order valence-corrected chi connectivity index (χ4v) is 8.22. The molecular weight excluding hydrogens is 324 g/mol. The maximum absolute atomic E-state index is 11.8. The van der Waals surface area contributed by atoms with Crippen LogP contribution in [0.2, 0.25) is 0 Å². The first-order valence-electron chi connectivity index (χ1n) is 11.3. The molecule has 9 unspecified atom stereocenters. The quantitative estimate of drug-likeness (QED) is 0.620. The summed E-state index contributed by atoms with van der Waals surface area (Å²) in [5.41, 5.74) is 0.771. The second-order valence-corrected chi connectivity index (χ2v) is 10.2. The Hall–Kier alpha value is -0.570. The average molecular weight is 363 g/mol. The Morgan fingerprint density at radius 1 is 0.923 bits per heavy atom. The fourth-order valence-electron chi connectivity index (χ4n) is 8.22. The lowest BCUT2D eigenvalue weighted by molar-refractivity contribution is -0.144. The highest BCUT2D eigenvalue weighted by atomic mass is 16.6. The fraction of sp³-hybridized carbons (Fsp3) is 0.957. The summed E-state index contributed by atoms with van der Waals surface area (Å²) in [5, 5.41) is 10.1. The summed E-state index contributed by atoms with van der Waals surface area (Å²) in [7, 11) is 0. The van der Waals surface area contributed by atoms with E-state index in [4.69, 9.17) is 4.74 Å². The highest BCUT2D eigenvalue weighted by Crippen LogP contribution is 2.68. The number of carbonyl (C=O) groups is 1. The van der Waals surface area contributed by atoms with Gasteiger partial charge in [-0.2, -0.15) is 0 Å². The third-order valence-electron chi connectivity index (χ3n) is 9.53. The molecule has 4 saturated carbocycles. The highest BCUT2D eigenvalue weighted by molar-refractivity contribution is 5.72. The van der Waals surface area contributed by atoms with Crippen LogP contribution in [0.15, 0.2) is 0 Å². The molecule has 0 aromatic heterocycles. The molecule has 1 aliphatic heterocycles. The van der Waals surface area contributed by atoms with Crippen molar-refractivity contribution in [2.24, 2.45) is 40.4 Å². The van der Waals surface area contributed by atoms with E-state index in [1.165, 1.54) is 32.1 Å². The van der Waals surface area contributed by atoms with Gasteiger partial charge in [0.1, 0.15) is 6.10 Å². The van der Waals surface area contributed by atoms with Gasteiger partial charge in [-0.15, -0.1) is 0 Å². The number of rotatable bonds is 0. The van der Waals surface area contributed by atoms with Crippen molar-refractivity contribution in [1.29, 1.82) is 0 Å². The standard InChI is InChI=1S/C21H32O3.C2H6/c1-20-7-5-13(22)9-12(20)3-4-14-15(20)6-8-21(2)16(14)10-18-17(21)11-19(23)24-18;1-2/h12-18,22H,3-11H2,1-2H3;1-2H3. The van der Waals surface area contributed by atoms with Gasteiger partial charge in [0.2, 0.25) is 0 Å². The molecule has 0 aromatic carbocycles. The third kappa shape index (κ3) is 2.52. The molecule has 1 saturated heterocycles. The number of ether oxygens (including phenoxy) is 1. The van der Waals surface area contributed by atoms with Crippen LogP contribution in [0.5, 0.6) is 0 Å². The van der Waals surface area contributed by atoms with Crippen molar-refractivity contribution in [1.82, 2.24) is 0 Å². The minimum atomic E-state index is -0.0567. The minimum absolute atomic E-state index is 0.0451. The van der Waals surface area contributed by atoms with Gasteiger partial charge in [0, 0.05) is 5.92 Å². The van der Waals surface area contributed by atoms with Crippen molar-refractivity contribution in [2.45, 2.75) is 97.7 Å². The van der Waals surface area contributed by atoms with E-state index in [-0.39, 0.29) is 18.2 Å². The number of hydrogen-bond donors (Lipinski definition) is 1. The van der Waals surface area contributed by atoms with Gasteiger partial charge in [-0.25, -0.2) is 0 Å². The third-order valence-corrected chi connectivity index (χ3v) is 9.53. The van der Waals surface area contributed by atoms with E-state index in [1.54, 1.807) is 0 Å². The first kappa shape index (κ1) is 18.8. The normalized spacial score (nSPS) is 54.8. The molecule has 148 valence electrons. The second kappa shape index (κ2) is 6.50. The van der Waals surface area contributed by atoms with E-state index in [0.29, 0.717) is 23.2 Å². The zero-order chi connectivity index (χ0) is 18.7. The smallest absolute Gasteiger partial charge is 0.306 e. The highest BCUT2D eigenvalue weighted by Gasteiger charge is 2.64. The van der Waals surface area contributed by atoms with Crippen LogP contribution in [0.4, 0.5) is 0 Å². The van der Waals surface area contributed by atoms with Gasteiger partial charge in [-0.3, -0.25) is 4.79 Å². The zero-order valence-corrected chi connectivity index (χ0v) is 17.2. The number of aliphatic hydroxyl groups is 1. The van der Waals surface area contributed by atoms with Crippen molar-refractivity contribution >= 4 is 5.97 Å². The van der Waals surface area contributed by atoms with Gasteiger partial charge >= 0.3 is 5.97 Å². The SMILES string of the molecule is CC.CC12CCC(O)CC1CCC1C2CCC2(C)C3CC(=O)OC3CC12. The Morgan fingerprint density at radius 3 is 2.42 bits per heavy atom. The molecule has 4 aliphatic carbocycles. The van der Waals surface area contributed by atoms with E-state index in [9.17, 15) is 9.90 Å². The number of aliphatic hydroxyl groups excluding tert-OH is 1. The molecule has 0 amide bonds. The Bertz CT molecular complexity index is 560. The summed E-state index contributed by atoms with van der Waals surface area (Å²) < 4.78 is 5.70. The van der Waals surface area contributed by atoms with Crippen LogP contribution in [0.3, 0.4) is 0 Å². The topological polar surface area (TPSA) is 46.5 Å². The van der Waals surface area contributed by atoms with E-state index in [2.05, 4.69) is 13.8 Å². The summed E-state index contributed by atoms with van der Waals surface area (Å²) in [5.74, 6) is 3.66. The van der Waals surface area contributed by atoms with E-state index < -0.39 is 0 Å². The monoisotopic (exact) mass is 362 g/mol. The summed E-state index contributed by atoms with van der Waals surface area (Å²) in [6.45, 7) is 9.01. The van der Waals surface area contributed by atoms with Gasteiger partial charge in [-0.1, -0.05) is 27.7 Å². The zero-order valence-electron chi connectivity index (χ0n) is 17.2. The molecule has 3 nitrogen and oxygen atoms in total. The van der Waals surface area contributed by atoms with Crippen molar-refractivity contribution in [3.63, 3.8) is 0 Å². The first-order chi connectivity index (χ1) is 12.4. The summed E-state index contributed by atoms with van der Waals surface area (Å²) in [6, 6.07) is 0. The molecule has 1 N–H and O–H groups in total. The van der Waals surface area contributed by atoms with Crippen LogP contribution in [0, 0.1) is 40.4 Å². The molecule has 5 fully saturated rings. The van der Waals surface area contributed by atoms with Crippen LogP contribution < -0.4 is 0 Å². The maximum Gasteiger partial charge on any atom is 0.306 e. The van der Waals surface area contributed by atoms with Crippen molar-refractivity contribution < 1.29 is 14.6 Å². The molecule has 26 heavy (non-hydrogen) atoms. The van der Waals surface area contributed by atoms with Gasteiger partial charge in [0.05, 0.1) is 12.5 Å². The lowest BCUT2D eigenvalue weighted by atomic mass is 9.44. The largest absolute Gasteiger partial charge is 0.462 e. The first-order valence-corrected chi connectivity index (χ1v) is 11.3. The van der Waals surface area contributed by atoms with E-state index in [0.717, 1.165) is 42.9 Å². The minimum Gasteiger partial charge on any atom is -0.462 e. The molecule has 0 spiro atoms. The Balaban J connectivity index is 0.000000814. The Morgan fingerprint density at radius 2 is 1.65 bits per heavy atom. The maximum atomic E-state index is 11.8. The lowest BCUT2D eigenvalue weighted by Crippen LogP contribution is -2.53. The predicted octanol–water partition coefficient (Wildman–Crippen LogP) is 4.96. The number of fused-ring (bicyclic) bond motifs is 7. The van der Waals surface area contributed by atoms with E-state index in [1.807, 2.05) is 13.8 Å². The number of hydrogen-bond acceptors (Lipinski definition) is 3. The van der Waals surface area contributed by atoms with Gasteiger partial charge in [0.25, 0.3) is 0 Å². The van der Waals surface area contributed by atoms with Crippen LogP contribution >= 0.6 is 0 Å². The molecule has 0 radical (unpaired) electrons. The molecule has 3 heteroatoms. The van der Waals surface area contributed by atoms with Crippen LogP contribution in [0.25, 0.3) is 0 Å². The molecule has 1 heterocycles. The Kier molecular flexibility index (Phi) is 4.69. The molecule has 5 aliphatic rings. The Labute approximate surface area is 159 Å². The van der Waals surface area contributed by atoms with Crippen LogP contribution in [-0.4, -0.2) is 23.3 Å². The van der Waals surface area contributed by atoms with Gasteiger partial charge in [0.15, 0.2) is 0 Å². The molecular formula is C23H38O3. The van der Waals surface area contributed by atoms with E-state index >= 15 is 0 Å². The van der Waals surface area contributed by atoms with Crippen molar-refractivity contribution in [3.05, 3.63) is 0 Å². The molecule has 0 aromatic rings. The van der Waals surface area contributed by atoms with Gasteiger partial charge in [-0.05, 0) is 85.9 Å². The molecule has 0 bridgehead atoms. The van der Waals surface area contributed by atoms with Gasteiger partial charge < -0.3 is 9.84 Å². The number of esters is 1. The summed E-state index contributed by atoms with van der Waals surface area (Å²) in [4.78, 5) is 11.8. The predicted molar refractivity (Wildman–Crippen MR) is 102 cm³/mol. The van der Waals surface area contributed by atoms with Crippen LogP contribution in [-0.2, 0) is 9.53 Å². The second-order valence-electron chi connectivity index (χ2n) is 10.2. The summed E-state index contributed by atoms with van der Waals surface area (Å²) in [6.07, 6.45) is 10.4. The van der Waals surface area contributed by atoms with Crippen LogP contribution in [0.1, 0.15) is 85.5 Å². The van der Waals surface area contributed by atoms with Crippen molar-refractivity contribution in [2.75, 3.05) is 0 Å². The molecule has 9 atom stereocenters. The number of carbonyl (C=O) groups excluding carboxylic acids is 1. The molecule has 5 rings (SSSR count). The van der Waals surface area contributed by atoms with Crippen molar-refractivity contribution in [3.8, 4) is 0 Å². The average Bonchev–Trinajstić information content (AvgIpc) is 3.12. The lowest BCUT2D eigenvalue weighted by Gasteiger charge is -2.60.